The van der Waals surface area contributed by atoms with Gasteiger partial charge in [-0.05, 0) is 44.5 Å². The lowest BCUT2D eigenvalue weighted by Gasteiger charge is -2.41. The van der Waals surface area contributed by atoms with Crippen LogP contribution in [-0.2, 0) is 11.3 Å². The van der Waals surface area contributed by atoms with Gasteiger partial charge in [0.1, 0.15) is 0 Å². The standard InChI is InChI=1S/C18H26N4O/c1-14-12-22(8-9-23-14)17-4-6-21(7-5-17)13-15-2-3-16-11-19-20-18(16)10-15/h2-3,10-11,14,17H,4-9,12-13H2,1H3,(H,19,20). The maximum atomic E-state index is 5.67. The molecule has 124 valence electrons. The van der Waals surface area contributed by atoms with E-state index in [1.807, 2.05) is 6.20 Å². The van der Waals surface area contributed by atoms with Gasteiger partial charge in [0.2, 0.25) is 0 Å². The van der Waals surface area contributed by atoms with Crippen LogP contribution >= 0.6 is 0 Å². The van der Waals surface area contributed by atoms with Gasteiger partial charge in [0.25, 0.3) is 0 Å². The lowest BCUT2D eigenvalue weighted by molar-refractivity contribution is -0.0437. The summed E-state index contributed by atoms with van der Waals surface area (Å²) in [6.07, 6.45) is 4.83. The van der Waals surface area contributed by atoms with Crippen molar-refractivity contribution >= 4 is 10.9 Å². The minimum atomic E-state index is 0.392. The molecule has 1 aromatic heterocycles. The molecule has 5 nitrogen and oxygen atoms in total. The molecule has 0 saturated carbocycles. The molecule has 2 aliphatic heterocycles. The van der Waals surface area contributed by atoms with Crippen LogP contribution in [0.1, 0.15) is 25.3 Å². The zero-order valence-electron chi connectivity index (χ0n) is 13.9. The van der Waals surface area contributed by atoms with Gasteiger partial charge in [0.05, 0.1) is 24.4 Å². The number of morpholine rings is 1. The first-order valence-corrected chi connectivity index (χ1v) is 8.78. The highest BCUT2D eigenvalue weighted by Crippen LogP contribution is 2.21. The molecule has 0 spiro atoms. The normalized spacial score (nSPS) is 25.2. The van der Waals surface area contributed by atoms with Crippen LogP contribution in [-0.4, -0.2) is 64.9 Å². The van der Waals surface area contributed by atoms with Crippen LogP contribution in [0, 0.1) is 0 Å². The van der Waals surface area contributed by atoms with E-state index >= 15 is 0 Å². The molecule has 2 aliphatic rings. The maximum absolute atomic E-state index is 5.67. The smallest absolute Gasteiger partial charge is 0.0674 e. The van der Waals surface area contributed by atoms with Gasteiger partial charge in [-0.15, -0.1) is 0 Å². The number of rotatable bonds is 3. The van der Waals surface area contributed by atoms with Crippen molar-refractivity contribution in [1.29, 1.82) is 0 Å². The van der Waals surface area contributed by atoms with Crippen molar-refractivity contribution in [3.8, 4) is 0 Å². The minimum Gasteiger partial charge on any atom is -0.376 e. The van der Waals surface area contributed by atoms with Crippen molar-refractivity contribution in [3.05, 3.63) is 30.0 Å². The van der Waals surface area contributed by atoms with Crippen LogP contribution in [0.2, 0.25) is 0 Å². The zero-order valence-corrected chi connectivity index (χ0v) is 13.9. The molecule has 2 saturated heterocycles. The van der Waals surface area contributed by atoms with E-state index in [1.54, 1.807) is 0 Å². The van der Waals surface area contributed by atoms with Crippen LogP contribution in [0.4, 0.5) is 0 Å². The number of fused-ring (bicyclic) bond motifs is 1. The molecule has 2 aromatic rings. The van der Waals surface area contributed by atoms with Crippen LogP contribution < -0.4 is 0 Å². The minimum absolute atomic E-state index is 0.392. The first-order valence-electron chi connectivity index (χ1n) is 8.78. The lowest BCUT2D eigenvalue weighted by Crippen LogP contribution is -2.50. The maximum Gasteiger partial charge on any atom is 0.0674 e. The van der Waals surface area contributed by atoms with Gasteiger partial charge in [0, 0.05) is 31.1 Å². The third kappa shape index (κ3) is 3.42. The predicted molar refractivity (Wildman–Crippen MR) is 91.4 cm³/mol. The summed E-state index contributed by atoms with van der Waals surface area (Å²) in [5.74, 6) is 0. The molecule has 1 N–H and O–H groups in total. The third-order valence-corrected chi connectivity index (χ3v) is 5.26. The number of aromatic amines is 1. The Kier molecular flexibility index (Phi) is 4.33. The number of hydrogen-bond acceptors (Lipinski definition) is 4. The highest BCUT2D eigenvalue weighted by atomic mass is 16.5. The molecule has 2 fully saturated rings. The van der Waals surface area contributed by atoms with Crippen molar-refractivity contribution in [2.75, 3.05) is 32.8 Å². The molecule has 1 unspecified atom stereocenters. The largest absolute Gasteiger partial charge is 0.376 e. The highest BCUT2D eigenvalue weighted by molar-refractivity contribution is 5.78. The van der Waals surface area contributed by atoms with Crippen LogP contribution in [0.25, 0.3) is 10.9 Å². The second kappa shape index (κ2) is 6.59. The van der Waals surface area contributed by atoms with E-state index in [-0.39, 0.29) is 0 Å². The Hall–Kier alpha value is -1.43. The molecule has 23 heavy (non-hydrogen) atoms. The summed E-state index contributed by atoms with van der Waals surface area (Å²) in [6.45, 7) is 8.71. The fourth-order valence-corrected chi connectivity index (χ4v) is 3.96. The molecule has 0 amide bonds. The van der Waals surface area contributed by atoms with E-state index in [4.69, 9.17) is 4.74 Å². The molecular formula is C18H26N4O. The molecule has 0 bridgehead atoms. The summed E-state index contributed by atoms with van der Waals surface area (Å²) in [4.78, 5) is 5.22. The van der Waals surface area contributed by atoms with Crippen molar-refractivity contribution < 1.29 is 4.74 Å². The number of piperidine rings is 1. The number of likely N-dealkylation sites (tertiary alicyclic amines) is 1. The van der Waals surface area contributed by atoms with Gasteiger partial charge < -0.3 is 4.74 Å². The predicted octanol–water partition coefficient (Wildman–Crippen LogP) is 2.25. The van der Waals surface area contributed by atoms with E-state index in [0.717, 1.165) is 37.8 Å². The molecule has 0 radical (unpaired) electrons. The molecule has 0 aliphatic carbocycles. The summed E-state index contributed by atoms with van der Waals surface area (Å²) >= 11 is 0. The number of nitrogens with one attached hydrogen (secondary N) is 1. The first-order chi connectivity index (χ1) is 11.3. The summed E-state index contributed by atoms with van der Waals surface area (Å²) < 4.78 is 5.67. The fraction of sp³-hybridized carbons (Fsp3) is 0.611. The van der Waals surface area contributed by atoms with Gasteiger partial charge in [0.15, 0.2) is 0 Å². The SMILES string of the molecule is CC1CN(C2CCN(Cc3ccc4cn[nH]c4c3)CC2)CCO1. The van der Waals surface area contributed by atoms with Crippen molar-refractivity contribution in [2.45, 2.75) is 38.5 Å². The quantitative estimate of drug-likeness (QED) is 0.944. The van der Waals surface area contributed by atoms with Gasteiger partial charge in [-0.25, -0.2) is 0 Å². The molecule has 3 heterocycles. The fourth-order valence-electron chi connectivity index (χ4n) is 3.96. The third-order valence-electron chi connectivity index (χ3n) is 5.26. The van der Waals surface area contributed by atoms with Gasteiger partial charge in [-0.1, -0.05) is 12.1 Å². The van der Waals surface area contributed by atoms with Gasteiger partial charge >= 0.3 is 0 Å². The Morgan fingerprint density at radius 2 is 2.13 bits per heavy atom. The number of benzene rings is 1. The Morgan fingerprint density at radius 1 is 1.26 bits per heavy atom. The van der Waals surface area contributed by atoms with E-state index in [1.165, 1.54) is 36.9 Å². The number of hydrogen-bond donors (Lipinski definition) is 1. The molecule has 5 heteroatoms. The van der Waals surface area contributed by atoms with Gasteiger partial charge in [-0.2, -0.15) is 5.10 Å². The highest BCUT2D eigenvalue weighted by Gasteiger charge is 2.27. The lowest BCUT2D eigenvalue weighted by atomic mass is 10.0. The van der Waals surface area contributed by atoms with E-state index < -0.39 is 0 Å². The average molecular weight is 314 g/mol. The summed E-state index contributed by atoms with van der Waals surface area (Å²) in [7, 11) is 0. The van der Waals surface area contributed by atoms with E-state index in [0.29, 0.717) is 6.10 Å². The number of ether oxygens (including phenoxy) is 1. The Bertz CT molecular complexity index is 647. The molecule has 1 aromatic carbocycles. The number of nitrogens with zero attached hydrogens (tertiary/aromatic N) is 3. The Balaban J connectivity index is 1.32. The van der Waals surface area contributed by atoms with Crippen molar-refractivity contribution in [3.63, 3.8) is 0 Å². The van der Waals surface area contributed by atoms with Crippen molar-refractivity contribution in [1.82, 2.24) is 20.0 Å². The van der Waals surface area contributed by atoms with E-state index in [2.05, 4.69) is 45.1 Å². The van der Waals surface area contributed by atoms with Crippen LogP contribution in [0.5, 0.6) is 0 Å². The summed E-state index contributed by atoms with van der Waals surface area (Å²) in [5, 5.41) is 8.36. The second-order valence-corrected chi connectivity index (χ2v) is 6.98. The Morgan fingerprint density at radius 3 is 2.96 bits per heavy atom. The van der Waals surface area contributed by atoms with Gasteiger partial charge in [-0.3, -0.25) is 14.9 Å². The van der Waals surface area contributed by atoms with Crippen LogP contribution in [0.15, 0.2) is 24.4 Å². The second-order valence-electron chi connectivity index (χ2n) is 6.98. The topological polar surface area (TPSA) is 44.4 Å². The monoisotopic (exact) mass is 314 g/mol. The zero-order chi connectivity index (χ0) is 15.6. The molecule has 4 rings (SSSR count). The molecular weight excluding hydrogens is 288 g/mol. The summed E-state index contributed by atoms with van der Waals surface area (Å²) in [6, 6.07) is 7.37. The number of aromatic nitrogens is 2. The van der Waals surface area contributed by atoms with E-state index in [9.17, 15) is 0 Å². The first kappa shape index (κ1) is 15.1. The summed E-state index contributed by atoms with van der Waals surface area (Å²) in [5.41, 5.74) is 2.51. The molecule has 1 atom stereocenters. The van der Waals surface area contributed by atoms with Crippen molar-refractivity contribution in [2.24, 2.45) is 0 Å². The van der Waals surface area contributed by atoms with Crippen LogP contribution in [0.3, 0.4) is 0 Å². The average Bonchev–Trinajstić information content (AvgIpc) is 3.03. The number of H-pyrrole nitrogens is 1. The Labute approximate surface area is 137 Å².